The largest absolute Gasteiger partial charge is 0.338 e. The van der Waals surface area contributed by atoms with Crippen LogP contribution in [0.4, 0.5) is 11.4 Å². The third-order valence-electron chi connectivity index (χ3n) is 5.40. The molecule has 0 bridgehead atoms. The van der Waals surface area contributed by atoms with Crippen molar-refractivity contribution in [2.45, 2.75) is 46.0 Å². The number of carbonyl (C=O) groups excluding carboxylic acids is 3. The Bertz CT molecular complexity index is 682. The van der Waals surface area contributed by atoms with Gasteiger partial charge in [0.1, 0.15) is 0 Å². The number of amides is 3. The highest BCUT2D eigenvalue weighted by molar-refractivity contribution is 6.00. The van der Waals surface area contributed by atoms with E-state index in [-0.39, 0.29) is 17.7 Å². The molecule has 0 spiro atoms. The van der Waals surface area contributed by atoms with Gasteiger partial charge in [0.05, 0.1) is 0 Å². The van der Waals surface area contributed by atoms with Gasteiger partial charge in [-0.25, -0.2) is 0 Å². The quantitative estimate of drug-likeness (QED) is 0.871. The van der Waals surface area contributed by atoms with E-state index in [2.05, 4.69) is 10.6 Å². The molecule has 2 fully saturated rings. The molecule has 2 atom stereocenters. The van der Waals surface area contributed by atoms with E-state index in [1.165, 1.54) is 39.5 Å². The molecule has 1 saturated carbocycles. The van der Waals surface area contributed by atoms with Gasteiger partial charge in [-0.2, -0.15) is 0 Å². The summed E-state index contributed by atoms with van der Waals surface area (Å²) in [6, 6.07) is 5.02. The third-order valence-corrected chi connectivity index (χ3v) is 5.40. The first-order valence-electron chi connectivity index (χ1n) is 9.42. The number of nitrogens with one attached hydrogen (secondary N) is 2. The highest BCUT2D eigenvalue weighted by Crippen LogP contribution is 2.36. The first kappa shape index (κ1) is 18.4. The van der Waals surface area contributed by atoms with E-state index in [0.29, 0.717) is 22.9 Å². The second-order valence-corrected chi connectivity index (χ2v) is 7.51. The van der Waals surface area contributed by atoms with Gasteiger partial charge in [0.2, 0.25) is 11.8 Å². The molecule has 26 heavy (non-hydrogen) atoms. The predicted octanol–water partition coefficient (Wildman–Crippen LogP) is 3.26. The molecule has 1 aliphatic heterocycles. The van der Waals surface area contributed by atoms with Gasteiger partial charge in [0.25, 0.3) is 5.91 Å². The summed E-state index contributed by atoms with van der Waals surface area (Å²) in [7, 11) is 0. The van der Waals surface area contributed by atoms with Crippen molar-refractivity contribution in [1.29, 1.82) is 0 Å². The molecule has 1 heterocycles. The lowest BCUT2D eigenvalue weighted by Crippen LogP contribution is -2.44. The van der Waals surface area contributed by atoms with Crippen molar-refractivity contribution in [3.05, 3.63) is 23.8 Å². The fraction of sp³-hybridized carbons (Fsp3) is 0.550. The minimum absolute atomic E-state index is 0.0344. The normalized spacial score (nSPS) is 22.3. The van der Waals surface area contributed by atoms with Crippen molar-refractivity contribution in [3.63, 3.8) is 0 Å². The third kappa shape index (κ3) is 4.42. The Morgan fingerprint density at radius 2 is 1.46 bits per heavy atom. The second kappa shape index (κ2) is 7.89. The summed E-state index contributed by atoms with van der Waals surface area (Å²) in [5.41, 5.74) is 1.52. The fourth-order valence-corrected chi connectivity index (χ4v) is 4.27. The Kier molecular flexibility index (Phi) is 5.59. The predicted molar refractivity (Wildman–Crippen MR) is 101 cm³/mol. The average molecular weight is 357 g/mol. The zero-order chi connectivity index (χ0) is 18.7. The van der Waals surface area contributed by atoms with Crippen LogP contribution < -0.4 is 10.6 Å². The summed E-state index contributed by atoms with van der Waals surface area (Å²) < 4.78 is 0. The maximum atomic E-state index is 13.1. The van der Waals surface area contributed by atoms with Gasteiger partial charge in [-0.1, -0.05) is 19.3 Å². The highest BCUT2D eigenvalue weighted by Gasteiger charge is 2.33. The molecule has 1 aromatic carbocycles. The smallest absolute Gasteiger partial charge is 0.254 e. The van der Waals surface area contributed by atoms with Gasteiger partial charge in [-0.3, -0.25) is 14.4 Å². The van der Waals surface area contributed by atoms with Gasteiger partial charge in [-0.05, 0) is 42.9 Å². The number of hydrogen-bond donors (Lipinski definition) is 2. The van der Waals surface area contributed by atoms with E-state index < -0.39 is 0 Å². The number of benzene rings is 1. The molecule has 1 aliphatic carbocycles. The number of anilines is 2. The second-order valence-electron chi connectivity index (χ2n) is 7.51. The summed E-state index contributed by atoms with van der Waals surface area (Å²) in [5, 5.41) is 5.40. The number of likely N-dealkylation sites (tertiary alicyclic amines) is 1. The van der Waals surface area contributed by atoms with Crippen LogP contribution in [0, 0.1) is 11.8 Å². The molecule has 0 radical (unpaired) electrons. The van der Waals surface area contributed by atoms with E-state index in [0.717, 1.165) is 25.4 Å². The molecule has 0 aromatic heterocycles. The lowest BCUT2D eigenvalue weighted by Gasteiger charge is -2.41. The maximum Gasteiger partial charge on any atom is 0.254 e. The number of carbonyl (C=O) groups is 3. The van der Waals surface area contributed by atoms with Crippen LogP contribution >= 0.6 is 0 Å². The van der Waals surface area contributed by atoms with E-state index in [1.54, 1.807) is 18.2 Å². The van der Waals surface area contributed by atoms with Gasteiger partial charge in [0.15, 0.2) is 0 Å². The van der Waals surface area contributed by atoms with Crippen LogP contribution in [0.1, 0.15) is 56.3 Å². The van der Waals surface area contributed by atoms with Crippen molar-refractivity contribution >= 4 is 29.1 Å². The summed E-state index contributed by atoms with van der Waals surface area (Å²) >= 11 is 0. The molecule has 3 amide bonds. The lowest BCUT2D eigenvalue weighted by atomic mass is 9.75. The summed E-state index contributed by atoms with van der Waals surface area (Å²) in [4.78, 5) is 37.8. The molecule has 0 unspecified atom stereocenters. The molecule has 1 saturated heterocycles. The Hall–Kier alpha value is -2.37. The first-order valence-corrected chi connectivity index (χ1v) is 9.42. The summed E-state index contributed by atoms with van der Waals surface area (Å²) in [5.74, 6) is 0.897. The average Bonchev–Trinajstić information content (AvgIpc) is 2.59. The molecule has 3 rings (SSSR count). The van der Waals surface area contributed by atoms with Gasteiger partial charge in [-0.15, -0.1) is 0 Å². The first-order chi connectivity index (χ1) is 12.4. The summed E-state index contributed by atoms with van der Waals surface area (Å²) in [6.45, 7) is 4.42. The Labute approximate surface area is 154 Å². The molecular weight excluding hydrogens is 330 g/mol. The highest BCUT2D eigenvalue weighted by atomic mass is 16.2. The Morgan fingerprint density at radius 3 is 2.04 bits per heavy atom. The maximum absolute atomic E-state index is 13.1. The molecule has 1 aromatic rings. The van der Waals surface area contributed by atoms with Crippen LogP contribution in [0.2, 0.25) is 0 Å². The topological polar surface area (TPSA) is 78.5 Å². The Balaban J connectivity index is 1.80. The minimum Gasteiger partial charge on any atom is -0.338 e. The van der Waals surface area contributed by atoms with E-state index >= 15 is 0 Å². The van der Waals surface area contributed by atoms with Crippen LogP contribution in [0.3, 0.4) is 0 Å². The number of rotatable bonds is 3. The number of nitrogens with zero attached hydrogens (tertiary/aromatic N) is 1. The van der Waals surface area contributed by atoms with E-state index in [9.17, 15) is 14.4 Å². The molecule has 2 aliphatic rings. The molecule has 6 nitrogen and oxygen atoms in total. The van der Waals surface area contributed by atoms with Crippen molar-refractivity contribution in [1.82, 2.24) is 4.90 Å². The van der Waals surface area contributed by atoms with E-state index in [4.69, 9.17) is 0 Å². The summed E-state index contributed by atoms with van der Waals surface area (Å²) in [6.07, 6.45) is 6.14. The SMILES string of the molecule is CC(=O)Nc1cc(NC(C)=O)cc(C(=O)N2CC[C@@H]3CCCC[C@@H]3C2)c1. The Morgan fingerprint density at radius 1 is 0.885 bits per heavy atom. The lowest BCUT2D eigenvalue weighted by molar-refractivity contribution is -0.115. The zero-order valence-corrected chi connectivity index (χ0v) is 15.5. The fourth-order valence-electron chi connectivity index (χ4n) is 4.27. The van der Waals surface area contributed by atoms with Crippen molar-refractivity contribution < 1.29 is 14.4 Å². The van der Waals surface area contributed by atoms with Crippen molar-refractivity contribution in [3.8, 4) is 0 Å². The van der Waals surface area contributed by atoms with Crippen molar-refractivity contribution in [2.24, 2.45) is 11.8 Å². The van der Waals surface area contributed by atoms with Crippen LogP contribution in [0.5, 0.6) is 0 Å². The number of piperidine rings is 1. The zero-order valence-electron chi connectivity index (χ0n) is 15.5. The number of fused-ring (bicyclic) bond motifs is 1. The van der Waals surface area contributed by atoms with Crippen LogP contribution in [-0.2, 0) is 9.59 Å². The number of hydrogen-bond acceptors (Lipinski definition) is 3. The van der Waals surface area contributed by atoms with Crippen LogP contribution in [0.15, 0.2) is 18.2 Å². The minimum atomic E-state index is -0.216. The molecule has 2 N–H and O–H groups in total. The molecule has 140 valence electrons. The van der Waals surface area contributed by atoms with Crippen LogP contribution in [-0.4, -0.2) is 35.7 Å². The van der Waals surface area contributed by atoms with Gasteiger partial charge < -0.3 is 15.5 Å². The van der Waals surface area contributed by atoms with Gasteiger partial charge >= 0.3 is 0 Å². The monoisotopic (exact) mass is 357 g/mol. The standard InChI is InChI=1S/C20H27N3O3/c1-13(24)21-18-9-17(10-19(11-18)22-14(2)25)20(26)23-8-7-15-5-3-4-6-16(15)12-23/h9-11,15-16H,3-8,12H2,1-2H3,(H,21,24)(H,22,25)/t15-,16+/m0/s1. The molecular formula is C20H27N3O3. The van der Waals surface area contributed by atoms with Crippen LogP contribution in [0.25, 0.3) is 0 Å². The van der Waals surface area contributed by atoms with E-state index in [1.807, 2.05) is 4.90 Å². The van der Waals surface area contributed by atoms with Gasteiger partial charge in [0, 0.05) is 43.9 Å². The van der Waals surface area contributed by atoms with Crippen molar-refractivity contribution in [2.75, 3.05) is 23.7 Å². The molecule has 6 heteroatoms.